The first-order valence-corrected chi connectivity index (χ1v) is 6.64. The average molecular weight is 310 g/mol. The minimum Gasteiger partial charge on any atom is -0.337 e. The minimum absolute atomic E-state index is 0.222. The highest BCUT2D eigenvalue weighted by Gasteiger charge is 2.18. The van der Waals surface area contributed by atoms with E-state index in [0.29, 0.717) is 11.7 Å². The molecule has 0 fully saturated rings. The molecule has 2 rings (SSSR count). The molecule has 0 amide bonds. The molecule has 1 heterocycles. The monoisotopic (exact) mass is 309 g/mol. The Kier molecular flexibility index (Phi) is 3.82. The largest absolute Gasteiger partial charge is 0.337 e. The molecule has 0 spiro atoms. The van der Waals surface area contributed by atoms with E-state index in [0.717, 1.165) is 10.0 Å². The van der Waals surface area contributed by atoms with Gasteiger partial charge in [-0.3, -0.25) is 0 Å². The molecule has 0 unspecified atom stereocenters. The summed E-state index contributed by atoms with van der Waals surface area (Å²) in [6.45, 7) is 6.08. The van der Waals surface area contributed by atoms with Gasteiger partial charge in [0.1, 0.15) is 0 Å². The molecule has 4 nitrogen and oxygen atoms in total. The van der Waals surface area contributed by atoms with Crippen LogP contribution < -0.4 is 5.73 Å². The van der Waals surface area contributed by atoms with E-state index in [1.807, 2.05) is 39.0 Å². The van der Waals surface area contributed by atoms with E-state index in [4.69, 9.17) is 10.3 Å². The average Bonchev–Trinajstić information content (AvgIpc) is 2.81. The number of halogens is 1. The van der Waals surface area contributed by atoms with Gasteiger partial charge in [-0.15, -0.1) is 0 Å². The summed E-state index contributed by atoms with van der Waals surface area (Å²) in [6, 6.07) is 5.73. The van der Waals surface area contributed by atoms with Crippen LogP contribution in [0.4, 0.5) is 0 Å². The zero-order chi connectivity index (χ0) is 13.3. The molecule has 0 aliphatic heterocycles. The van der Waals surface area contributed by atoms with Crippen molar-refractivity contribution in [2.75, 3.05) is 0 Å². The van der Waals surface area contributed by atoms with E-state index in [9.17, 15) is 0 Å². The fourth-order valence-corrected chi connectivity index (χ4v) is 1.88. The van der Waals surface area contributed by atoms with Gasteiger partial charge in [-0.1, -0.05) is 47.1 Å². The van der Waals surface area contributed by atoms with E-state index in [2.05, 4.69) is 26.1 Å². The third-order valence-electron chi connectivity index (χ3n) is 2.88. The number of benzene rings is 1. The van der Waals surface area contributed by atoms with Gasteiger partial charge in [0.25, 0.3) is 0 Å². The Balaban J connectivity index is 2.32. The SMILES string of the molecule is Cc1ccc(-c2noc([C@@H](N)C(C)C)n2)cc1Br. The Bertz CT molecular complexity index is 551. The second-order valence-corrected chi connectivity index (χ2v) is 5.54. The van der Waals surface area contributed by atoms with Crippen molar-refractivity contribution in [2.24, 2.45) is 11.7 Å². The predicted molar refractivity (Wildman–Crippen MR) is 73.9 cm³/mol. The molecular weight excluding hydrogens is 294 g/mol. The number of nitrogens with zero attached hydrogens (tertiary/aromatic N) is 2. The van der Waals surface area contributed by atoms with Crippen LogP contribution in [0, 0.1) is 12.8 Å². The summed E-state index contributed by atoms with van der Waals surface area (Å²) in [7, 11) is 0. The number of aryl methyl sites for hydroxylation is 1. The molecule has 1 aromatic heterocycles. The fraction of sp³-hybridized carbons (Fsp3) is 0.385. The quantitative estimate of drug-likeness (QED) is 0.943. The highest BCUT2D eigenvalue weighted by molar-refractivity contribution is 9.10. The van der Waals surface area contributed by atoms with Crippen molar-refractivity contribution in [3.05, 3.63) is 34.1 Å². The maximum atomic E-state index is 5.98. The summed E-state index contributed by atoms with van der Waals surface area (Å²) >= 11 is 3.49. The normalized spacial score (nSPS) is 13.0. The lowest BCUT2D eigenvalue weighted by molar-refractivity contribution is 0.325. The van der Waals surface area contributed by atoms with Crippen LogP contribution in [0.25, 0.3) is 11.4 Å². The third-order valence-corrected chi connectivity index (χ3v) is 3.73. The number of hydrogen-bond acceptors (Lipinski definition) is 4. The van der Waals surface area contributed by atoms with E-state index >= 15 is 0 Å². The second-order valence-electron chi connectivity index (χ2n) is 4.69. The summed E-state index contributed by atoms with van der Waals surface area (Å²) in [5.74, 6) is 1.32. The van der Waals surface area contributed by atoms with Crippen molar-refractivity contribution in [3.8, 4) is 11.4 Å². The molecule has 0 radical (unpaired) electrons. The van der Waals surface area contributed by atoms with Gasteiger partial charge in [0.05, 0.1) is 6.04 Å². The van der Waals surface area contributed by atoms with Crippen molar-refractivity contribution in [3.63, 3.8) is 0 Å². The third kappa shape index (κ3) is 2.62. The lowest BCUT2D eigenvalue weighted by Crippen LogP contribution is -2.16. The van der Waals surface area contributed by atoms with Crippen LogP contribution in [0.1, 0.15) is 31.3 Å². The van der Waals surface area contributed by atoms with Crippen LogP contribution in [0.3, 0.4) is 0 Å². The van der Waals surface area contributed by atoms with Crippen LogP contribution in [-0.4, -0.2) is 10.1 Å². The minimum atomic E-state index is -0.222. The Hall–Kier alpha value is -1.20. The Labute approximate surface area is 115 Å². The molecule has 0 aliphatic rings. The lowest BCUT2D eigenvalue weighted by Gasteiger charge is -2.09. The van der Waals surface area contributed by atoms with Gasteiger partial charge in [0.2, 0.25) is 11.7 Å². The van der Waals surface area contributed by atoms with Crippen LogP contribution in [0.2, 0.25) is 0 Å². The van der Waals surface area contributed by atoms with E-state index < -0.39 is 0 Å². The van der Waals surface area contributed by atoms with E-state index in [1.54, 1.807) is 0 Å². The number of nitrogens with two attached hydrogens (primary N) is 1. The highest BCUT2D eigenvalue weighted by Crippen LogP contribution is 2.25. The number of hydrogen-bond donors (Lipinski definition) is 1. The van der Waals surface area contributed by atoms with Gasteiger partial charge < -0.3 is 10.3 Å². The molecule has 2 aromatic rings. The Morgan fingerprint density at radius 2 is 2.06 bits per heavy atom. The topological polar surface area (TPSA) is 64.9 Å². The highest BCUT2D eigenvalue weighted by atomic mass is 79.9. The summed E-state index contributed by atoms with van der Waals surface area (Å²) < 4.78 is 6.24. The Morgan fingerprint density at radius 1 is 1.33 bits per heavy atom. The first-order valence-electron chi connectivity index (χ1n) is 5.84. The predicted octanol–water partition coefficient (Wildman–Crippen LogP) is 3.46. The molecule has 2 N–H and O–H groups in total. The molecule has 0 saturated heterocycles. The van der Waals surface area contributed by atoms with Crippen LogP contribution >= 0.6 is 15.9 Å². The molecule has 0 aliphatic carbocycles. The molecular formula is C13H16BrN3O. The van der Waals surface area contributed by atoms with Gasteiger partial charge in [0.15, 0.2) is 0 Å². The molecule has 96 valence electrons. The van der Waals surface area contributed by atoms with Gasteiger partial charge in [0, 0.05) is 10.0 Å². The molecule has 5 heteroatoms. The van der Waals surface area contributed by atoms with Crippen molar-refractivity contribution in [1.29, 1.82) is 0 Å². The molecule has 1 aromatic carbocycles. The first kappa shape index (κ1) is 13.2. The smallest absolute Gasteiger partial charge is 0.244 e. The van der Waals surface area contributed by atoms with Crippen LogP contribution in [-0.2, 0) is 0 Å². The molecule has 18 heavy (non-hydrogen) atoms. The molecule has 1 atom stereocenters. The van der Waals surface area contributed by atoms with Gasteiger partial charge in [-0.05, 0) is 24.5 Å². The zero-order valence-corrected chi connectivity index (χ0v) is 12.2. The summed E-state index contributed by atoms with van der Waals surface area (Å²) in [4.78, 5) is 4.35. The van der Waals surface area contributed by atoms with Crippen LogP contribution in [0.5, 0.6) is 0 Å². The van der Waals surface area contributed by atoms with Gasteiger partial charge in [-0.25, -0.2) is 0 Å². The zero-order valence-electron chi connectivity index (χ0n) is 10.6. The van der Waals surface area contributed by atoms with E-state index in [-0.39, 0.29) is 12.0 Å². The van der Waals surface area contributed by atoms with Crippen LogP contribution in [0.15, 0.2) is 27.2 Å². The fourth-order valence-electron chi connectivity index (χ4n) is 1.50. The maximum absolute atomic E-state index is 5.98. The van der Waals surface area contributed by atoms with Gasteiger partial charge >= 0.3 is 0 Å². The Morgan fingerprint density at radius 3 is 2.67 bits per heavy atom. The van der Waals surface area contributed by atoms with Crippen molar-refractivity contribution in [2.45, 2.75) is 26.8 Å². The lowest BCUT2D eigenvalue weighted by atomic mass is 10.1. The number of aromatic nitrogens is 2. The van der Waals surface area contributed by atoms with Crippen molar-refractivity contribution in [1.82, 2.24) is 10.1 Å². The molecule has 0 saturated carbocycles. The summed E-state index contributed by atoms with van der Waals surface area (Å²) in [5.41, 5.74) is 8.06. The first-order chi connectivity index (χ1) is 8.49. The number of rotatable bonds is 3. The van der Waals surface area contributed by atoms with Gasteiger partial charge in [-0.2, -0.15) is 4.98 Å². The van der Waals surface area contributed by atoms with E-state index in [1.165, 1.54) is 5.56 Å². The van der Waals surface area contributed by atoms with Crippen molar-refractivity contribution >= 4 is 15.9 Å². The maximum Gasteiger partial charge on any atom is 0.244 e. The van der Waals surface area contributed by atoms with Crippen molar-refractivity contribution < 1.29 is 4.52 Å². The second kappa shape index (κ2) is 5.20. The summed E-state index contributed by atoms with van der Waals surface area (Å²) in [5, 5.41) is 3.97. The summed E-state index contributed by atoms with van der Waals surface area (Å²) in [6.07, 6.45) is 0. The standard InChI is InChI=1S/C13H16BrN3O/c1-7(2)11(15)13-16-12(17-18-13)9-5-4-8(3)10(14)6-9/h4-7,11H,15H2,1-3H3/t11-/m0/s1. The molecule has 0 bridgehead atoms.